The van der Waals surface area contributed by atoms with Gasteiger partial charge in [0.2, 0.25) is 0 Å². The Bertz CT molecular complexity index is 813. The summed E-state index contributed by atoms with van der Waals surface area (Å²) in [6, 6.07) is 6.79. The van der Waals surface area contributed by atoms with E-state index >= 15 is 0 Å². The summed E-state index contributed by atoms with van der Waals surface area (Å²) in [5, 5.41) is 4.59. The van der Waals surface area contributed by atoms with Gasteiger partial charge in [-0.05, 0) is 36.6 Å². The summed E-state index contributed by atoms with van der Waals surface area (Å²) in [6.45, 7) is 8.39. The van der Waals surface area contributed by atoms with Gasteiger partial charge in [-0.3, -0.25) is 19.5 Å². The Morgan fingerprint density at radius 2 is 1.72 bits per heavy atom. The minimum Gasteiger partial charge on any atom is -0.296 e. The molecule has 1 atom stereocenters. The van der Waals surface area contributed by atoms with Crippen LogP contribution in [0.2, 0.25) is 0 Å². The molecule has 5 nitrogen and oxygen atoms in total. The number of hydrogen-bond donors (Lipinski definition) is 0. The van der Waals surface area contributed by atoms with Crippen LogP contribution in [0, 0.1) is 0 Å². The Morgan fingerprint density at radius 3 is 2.52 bits per heavy atom. The lowest BCUT2D eigenvalue weighted by molar-refractivity contribution is 0.220. The molecule has 5 heteroatoms. The first-order valence-corrected chi connectivity index (χ1v) is 9.17. The minimum atomic E-state index is 0.374. The fourth-order valence-corrected chi connectivity index (χ4v) is 3.47. The number of hydrogen-bond acceptors (Lipinski definition) is 4. The molecule has 0 amide bonds. The largest absolute Gasteiger partial charge is 0.296 e. The van der Waals surface area contributed by atoms with E-state index in [1.165, 1.54) is 16.8 Å². The molecule has 3 heterocycles. The summed E-state index contributed by atoms with van der Waals surface area (Å²) in [5.74, 6) is 0. The molecule has 0 saturated heterocycles. The number of nitrogens with zero attached hydrogens (tertiary/aromatic N) is 5. The van der Waals surface area contributed by atoms with E-state index in [4.69, 9.17) is 0 Å². The van der Waals surface area contributed by atoms with E-state index in [2.05, 4.69) is 51.3 Å². The van der Waals surface area contributed by atoms with Gasteiger partial charge in [0, 0.05) is 51.2 Å². The van der Waals surface area contributed by atoms with E-state index in [-0.39, 0.29) is 0 Å². The number of benzene rings is 1. The second-order valence-corrected chi connectivity index (χ2v) is 6.29. The van der Waals surface area contributed by atoms with Crippen LogP contribution in [0.5, 0.6) is 0 Å². The van der Waals surface area contributed by atoms with Crippen molar-refractivity contribution < 1.29 is 0 Å². The van der Waals surface area contributed by atoms with Gasteiger partial charge in [-0.25, -0.2) is 0 Å². The summed E-state index contributed by atoms with van der Waals surface area (Å²) >= 11 is 0. The van der Waals surface area contributed by atoms with Gasteiger partial charge in [-0.1, -0.05) is 19.9 Å². The van der Waals surface area contributed by atoms with Crippen LogP contribution in [0.25, 0.3) is 11.0 Å². The average molecular weight is 337 g/mol. The first-order chi connectivity index (χ1) is 12.2. The van der Waals surface area contributed by atoms with Crippen LogP contribution in [0.15, 0.2) is 36.8 Å². The summed E-state index contributed by atoms with van der Waals surface area (Å²) in [4.78, 5) is 11.3. The molecule has 1 aliphatic rings. The lowest BCUT2D eigenvalue weighted by Crippen LogP contribution is -2.29. The van der Waals surface area contributed by atoms with Gasteiger partial charge >= 0.3 is 0 Å². The van der Waals surface area contributed by atoms with Gasteiger partial charge < -0.3 is 0 Å². The topological polar surface area (TPSA) is 46.8 Å². The van der Waals surface area contributed by atoms with Gasteiger partial charge in [-0.2, -0.15) is 5.10 Å². The Kier molecular flexibility index (Phi) is 5.43. The lowest BCUT2D eigenvalue weighted by Gasteiger charge is -2.28. The predicted octanol–water partition coefficient (Wildman–Crippen LogP) is 3.55. The molecule has 1 aromatic carbocycles. The van der Waals surface area contributed by atoms with E-state index in [1.54, 1.807) is 12.4 Å². The van der Waals surface area contributed by atoms with Crippen LogP contribution in [-0.2, 0) is 19.9 Å². The highest BCUT2D eigenvalue weighted by atomic mass is 15.3. The fraction of sp³-hybridized carbons (Fsp3) is 0.450. The monoisotopic (exact) mass is 337 g/mol. The number of aromatic nitrogens is 4. The smallest absolute Gasteiger partial charge is 0.0890 e. The maximum absolute atomic E-state index is 4.59. The highest BCUT2D eigenvalue weighted by Crippen LogP contribution is 2.25. The molecular formula is C20H27N5. The van der Waals surface area contributed by atoms with Gasteiger partial charge in [0.1, 0.15) is 0 Å². The van der Waals surface area contributed by atoms with Crippen molar-refractivity contribution in [1.29, 1.82) is 0 Å². The van der Waals surface area contributed by atoms with Crippen molar-refractivity contribution in [1.82, 2.24) is 24.6 Å². The molecule has 25 heavy (non-hydrogen) atoms. The maximum atomic E-state index is 4.59. The minimum absolute atomic E-state index is 0.374. The van der Waals surface area contributed by atoms with Crippen molar-refractivity contribution in [2.45, 2.75) is 39.7 Å². The lowest BCUT2D eigenvalue weighted by atomic mass is 10.1. The first-order valence-electron chi connectivity index (χ1n) is 9.17. The van der Waals surface area contributed by atoms with Crippen molar-refractivity contribution in [2.24, 2.45) is 7.05 Å². The normalized spacial score (nSPS) is 15.8. The molecule has 0 spiro atoms. The zero-order chi connectivity index (χ0) is 17.8. The third-order valence-electron chi connectivity index (χ3n) is 4.82. The maximum Gasteiger partial charge on any atom is 0.0890 e. The number of rotatable bonds is 2. The zero-order valence-electron chi connectivity index (χ0n) is 15.6. The molecule has 4 rings (SSSR count). The standard InChI is InChI=1S/C18H21N5.C2H6/c1-13(14-3-4-17-18(11-14)20-8-7-19-17)23-9-5-15-12-22(2)21-16(15)6-10-23;1-2/h3-4,7-8,11-13H,5-6,9-10H2,1-2H3;1-2H3. The highest BCUT2D eigenvalue weighted by molar-refractivity contribution is 5.74. The third kappa shape index (κ3) is 3.71. The Labute approximate surface area is 149 Å². The van der Waals surface area contributed by atoms with E-state index < -0.39 is 0 Å². The zero-order valence-corrected chi connectivity index (χ0v) is 15.6. The van der Waals surface area contributed by atoms with E-state index in [9.17, 15) is 0 Å². The van der Waals surface area contributed by atoms with E-state index in [0.29, 0.717) is 6.04 Å². The van der Waals surface area contributed by atoms with Crippen LogP contribution in [0.1, 0.15) is 43.6 Å². The van der Waals surface area contributed by atoms with Crippen molar-refractivity contribution in [2.75, 3.05) is 13.1 Å². The Morgan fingerprint density at radius 1 is 1.00 bits per heavy atom. The van der Waals surface area contributed by atoms with Crippen molar-refractivity contribution in [3.05, 3.63) is 53.6 Å². The molecule has 0 saturated carbocycles. The summed E-state index contributed by atoms with van der Waals surface area (Å²) < 4.78 is 1.94. The third-order valence-corrected chi connectivity index (χ3v) is 4.82. The molecule has 2 aromatic heterocycles. The van der Waals surface area contributed by atoms with Crippen molar-refractivity contribution in [3.63, 3.8) is 0 Å². The SMILES string of the molecule is CC.CC(c1ccc2nccnc2c1)N1CCc2cn(C)nc2CC1. The van der Waals surface area contributed by atoms with Crippen LogP contribution >= 0.6 is 0 Å². The second kappa shape index (κ2) is 7.74. The number of fused-ring (bicyclic) bond motifs is 2. The molecule has 0 radical (unpaired) electrons. The molecule has 0 aliphatic carbocycles. The van der Waals surface area contributed by atoms with E-state index in [1.807, 2.05) is 25.6 Å². The van der Waals surface area contributed by atoms with Gasteiger partial charge in [0.25, 0.3) is 0 Å². The van der Waals surface area contributed by atoms with Crippen LogP contribution in [0.3, 0.4) is 0 Å². The number of aryl methyl sites for hydroxylation is 1. The van der Waals surface area contributed by atoms with Crippen molar-refractivity contribution >= 4 is 11.0 Å². The molecule has 1 unspecified atom stereocenters. The summed E-state index contributed by atoms with van der Waals surface area (Å²) in [7, 11) is 2.01. The van der Waals surface area contributed by atoms with Crippen molar-refractivity contribution in [3.8, 4) is 0 Å². The molecule has 0 bridgehead atoms. The van der Waals surface area contributed by atoms with Gasteiger partial charge in [-0.15, -0.1) is 0 Å². The van der Waals surface area contributed by atoms with Gasteiger partial charge in [0.15, 0.2) is 0 Å². The summed E-state index contributed by atoms with van der Waals surface area (Å²) in [6.07, 6.45) is 7.75. The molecule has 1 aliphatic heterocycles. The molecule has 0 N–H and O–H groups in total. The predicted molar refractivity (Wildman–Crippen MR) is 101 cm³/mol. The van der Waals surface area contributed by atoms with E-state index in [0.717, 1.165) is 37.0 Å². The Balaban J connectivity index is 0.000000880. The highest BCUT2D eigenvalue weighted by Gasteiger charge is 2.21. The first kappa shape index (κ1) is 17.5. The Hall–Kier alpha value is -2.27. The molecule has 132 valence electrons. The summed E-state index contributed by atoms with van der Waals surface area (Å²) in [5.41, 5.74) is 5.88. The van der Waals surface area contributed by atoms with Crippen LogP contribution < -0.4 is 0 Å². The van der Waals surface area contributed by atoms with Gasteiger partial charge in [0.05, 0.1) is 16.7 Å². The second-order valence-electron chi connectivity index (χ2n) is 6.29. The average Bonchev–Trinajstić information content (AvgIpc) is 2.91. The quantitative estimate of drug-likeness (QED) is 0.717. The van der Waals surface area contributed by atoms with Crippen LogP contribution in [-0.4, -0.2) is 37.7 Å². The molecule has 0 fully saturated rings. The van der Waals surface area contributed by atoms with Crippen LogP contribution in [0.4, 0.5) is 0 Å². The molecular weight excluding hydrogens is 310 g/mol. The molecule has 3 aromatic rings. The fourth-order valence-electron chi connectivity index (χ4n) is 3.47.